The predicted molar refractivity (Wildman–Crippen MR) is 100 cm³/mol. The molecule has 3 rings (SSSR count). The van der Waals surface area contributed by atoms with Gasteiger partial charge in [-0.15, -0.1) is 11.3 Å². The Morgan fingerprint density at radius 1 is 1.20 bits per heavy atom. The molecule has 1 N–H and O–H groups in total. The number of Topliss-reactive ketones (excluding diaryl/α,β-unsaturated/α-hetero) is 1. The van der Waals surface area contributed by atoms with Crippen LogP contribution in [0.2, 0.25) is 0 Å². The summed E-state index contributed by atoms with van der Waals surface area (Å²) in [6, 6.07) is 11.3. The third-order valence-corrected chi connectivity index (χ3v) is 5.47. The average Bonchev–Trinajstić information content (AvgIpc) is 3.30. The van der Waals surface area contributed by atoms with Gasteiger partial charge in [-0.25, -0.2) is 0 Å². The summed E-state index contributed by atoms with van der Waals surface area (Å²) in [5.74, 6) is 0.0895. The normalized spacial score (nSPS) is 17.0. The molecule has 0 unspecified atom stereocenters. The van der Waals surface area contributed by atoms with Crippen molar-refractivity contribution < 1.29 is 14.3 Å². The van der Waals surface area contributed by atoms with Crippen molar-refractivity contribution >= 4 is 23.0 Å². The standard InChI is InChI=1S/C20H23NO3S/c1-13(2)19(22)18-10-9-17(25-18)14-5-7-15(8-6-14)20(23)21-12-16-4-3-11-24-16/h5-10,13,16H,3-4,11-12H2,1-2H3,(H,21,23)/t16-/m0/s1. The Bertz CT molecular complexity index is 743. The first-order chi connectivity index (χ1) is 12.0. The van der Waals surface area contributed by atoms with Gasteiger partial charge >= 0.3 is 0 Å². The van der Waals surface area contributed by atoms with Crippen LogP contribution in [0.15, 0.2) is 36.4 Å². The van der Waals surface area contributed by atoms with Crippen molar-refractivity contribution in [2.75, 3.05) is 13.2 Å². The molecule has 1 saturated heterocycles. The summed E-state index contributed by atoms with van der Waals surface area (Å²) in [6.45, 7) is 5.17. The zero-order valence-electron chi connectivity index (χ0n) is 14.6. The van der Waals surface area contributed by atoms with Gasteiger partial charge in [0, 0.05) is 29.5 Å². The van der Waals surface area contributed by atoms with Crippen LogP contribution < -0.4 is 5.32 Å². The molecule has 25 heavy (non-hydrogen) atoms. The Balaban J connectivity index is 1.63. The number of benzene rings is 1. The quantitative estimate of drug-likeness (QED) is 0.790. The van der Waals surface area contributed by atoms with Crippen molar-refractivity contribution in [3.8, 4) is 10.4 Å². The molecule has 1 fully saturated rings. The number of ether oxygens (including phenoxy) is 1. The molecule has 1 aliphatic heterocycles. The van der Waals surface area contributed by atoms with E-state index in [1.54, 1.807) is 0 Å². The van der Waals surface area contributed by atoms with Crippen molar-refractivity contribution in [1.82, 2.24) is 5.32 Å². The van der Waals surface area contributed by atoms with Crippen LogP contribution in [0.3, 0.4) is 0 Å². The second kappa shape index (κ2) is 7.93. The highest BCUT2D eigenvalue weighted by molar-refractivity contribution is 7.17. The van der Waals surface area contributed by atoms with Crippen LogP contribution >= 0.6 is 11.3 Å². The fraction of sp³-hybridized carbons (Fsp3) is 0.400. The third-order valence-electron chi connectivity index (χ3n) is 4.32. The number of amides is 1. The topological polar surface area (TPSA) is 55.4 Å². The monoisotopic (exact) mass is 357 g/mol. The second-order valence-electron chi connectivity index (χ2n) is 6.61. The number of nitrogens with one attached hydrogen (secondary N) is 1. The van der Waals surface area contributed by atoms with Gasteiger partial charge in [0.05, 0.1) is 11.0 Å². The summed E-state index contributed by atoms with van der Waals surface area (Å²) in [4.78, 5) is 26.1. The molecule has 1 aromatic carbocycles. The Kier molecular flexibility index (Phi) is 5.66. The zero-order valence-corrected chi connectivity index (χ0v) is 15.4. The Morgan fingerprint density at radius 3 is 2.60 bits per heavy atom. The lowest BCUT2D eigenvalue weighted by Gasteiger charge is -2.11. The highest BCUT2D eigenvalue weighted by Gasteiger charge is 2.17. The van der Waals surface area contributed by atoms with E-state index < -0.39 is 0 Å². The molecule has 1 aromatic heterocycles. The molecular weight excluding hydrogens is 334 g/mol. The van der Waals surface area contributed by atoms with Crippen LogP contribution in [0, 0.1) is 5.92 Å². The molecule has 2 aromatic rings. The van der Waals surface area contributed by atoms with E-state index in [0.717, 1.165) is 34.8 Å². The Hall–Kier alpha value is -1.98. The van der Waals surface area contributed by atoms with Crippen LogP contribution in [0.25, 0.3) is 10.4 Å². The molecule has 1 amide bonds. The van der Waals surface area contributed by atoms with Crippen LogP contribution in [-0.2, 0) is 4.74 Å². The largest absolute Gasteiger partial charge is 0.376 e. The van der Waals surface area contributed by atoms with E-state index in [1.165, 1.54) is 11.3 Å². The van der Waals surface area contributed by atoms with Gasteiger partial charge in [0.25, 0.3) is 5.91 Å². The van der Waals surface area contributed by atoms with E-state index in [2.05, 4.69) is 5.32 Å². The van der Waals surface area contributed by atoms with E-state index in [1.807, 2.05) is 50.2 Å². The Labute approximate surface area is 152 Å². The first-order valence-corrected chi connectivity index (χ1v) is 9.50. The van der Waals surface area contributed by atoms with Crippen LogP contribution in [0.4, 0.5) is 0 Å². The molecule has 5 heteroatoms. The van der Waals surface area contributed by atoms with Crippen LogP contribution in [-0.4, -0.2) is 30.9 Å². The highest BCUT2D eigenvalue weighted by atomic mass is 32.1. The van der Waals surface area contributed by atoms with Gasteiger partial charge in [-0.1, -0.05) is 26.0 Å². The van der Waals surface area contributed by atoms with Crippen molar-refractivity contribution in [3.05, 3.63) is 46.8 Å². The number of carbonyl (C=O) groups is 2. The zero-order chi connectivity index (χ0) is 17.8. The van der Waals surface area contributed by atoms with Crippen LogP contribution in [0.5, 0.6) is 0 Å². The minimum atomic E-state index is -0.0797. The number of ketones is 1. The van der Waals surface area contributed by atoms with Crippen molar-refractivity contribution in [1.29, 1.82) is 0 Å². The van der Waals surface area contributed by atoms with Crippen molar-refractivity contribution in [2.24, 2.45) is 5.92 Å². The van der Waals surface area contributed by atoms with Gasteiger partial charge in [0.1, 0.15) is 0 Å². The van der Waals surface area contributed by atoms with Gasteiger partial charge in [-0.05, 0) is 42.7 Å². The second-order valence-corrected chi connectivity index (χ2v) is 7.69. The maximum absolute atomic E-state index is 12.2. The smallest absolute Gasteiger partial charge is 0.251 e. The van der Waals surface area contributed by atoms with Crippen molar-refractivity contribution in [2.45, 2.75) is 32.8 Å². The molecule has 0 radical (unpaired) electrons. The molecule has 1 aliphatic rings. The molecule has 1 atom stereocenters. The van der Waals surface area contributed by atoms with E-state index in [9.17, 15) is 9.59 Å². The molecule has 0 spiro atoms. The summed E-state index contributed by atoms with van der Waals surface area (Å²) in [5.41, 5.74) is 1.65. The maximum atomic E-state index is 12.2. The lowest BCUT2D eigenvalue weighted by molar-refractivity contribution is 0.0857. The number of hydrogen-bond donors (Lipinski definition) is 1. The molecule has 0 bridgehead atoms. The molecular formula is C20H23NO3S. The SMILES string of the molecule is CC(C)C(=O)c1ccc(-c2ccc(C(=O)NC[C@@H]3CCCO3)cc2)s1. The lowest BCUT2D eigenvalue weighted by atomic mass is 10.1. The van der Waals surface area contributed by atoms with Gasteiger partial charge in [0.2, 0.25) is 0 Å². The van der Waals surface area contributed by atoms with Crippen LogP contribution in [0.1, 0.15) is 46.7 Å². The van der Waals surface area contributed by atoms with Gasteiger partial charge < -0.3 is 10.1 Å². The van der Waals surface area contributed by atoms with E-state index in [-0.39, 0.29) is 23.7 Å². The first kappa shape index (κ1) is 17.8. The van der Waals surface area contributed by atoms with E-state index in [4.69, 9.17) is 4.74 Å². The van der Waals surface area contributed by atoms with E-state index >= 15 is 0 Å². The third kappa shape index (κ3) is 4.35. The minimum absolute atomic E-state index is 0.00131. The van der Waals surface area contributed by atoms with Gasteiger partial charge in [-0.3, -0.25) is 9.59 Å². The maximum Gasteiger partial charge on any atom is 0.251 e. The van der Waals surface area contributed by atoms with Crippen molar-refractivity contribution in [3.63, 3.8) is 0 Å². The summed E-state index contributed by atoms with van der Waals surface area (Å²) < 4.78 is 5.51. The van der Waals surface area contributed by atoms with E-state index in [0.29, 0.717) is 12.1 Å². The highest BCUT2D eigenvalue weighted by Crippen LogP contribution is 2.29. The summed E-state index contributed by atoms with van der Waals surface area (Å²) >= 11 is 1.50. The van der Waals surface area contributed by atoms with Gasteiger partial charge in [0.15, 0.2) is 5.78 Å². The molecule has 0 aliphatic carbocycles. The number of carbonyl (C=O) groups excluding carboxylic acids is 2. The Morgan fingerprint density at radius 2 is 1.96 bits per heavy atom. The number of rotatable bonds is 6. The minimum Gasteiger partial charge on any atom is -0.376 e. The summed E-state index contributed by atoms with van der Waals surface area (Å²) in [6.07, 6.45) is 2.22. The fourth-order valence-electron chi connectivity index (χ4n) is 2.81. The molecule has 132 valence electrons. The van der Waals surface area contributed by atoms with Gasteiger partial charge in [-0.2, -0.15) is 0 Å². The molecule has 0 saturated carbocycles. The fourth-order valence-corrected chi connectivity index (χ4v) is 3.91. The molecule has 4 nitrogen and oxygen atoms in total. The number of hydrogen-bond acceptors (Lipinski definition) is 4. The number of thiophene rings is 1. The average molecular weight is 357 g/mol. The molecule has 2 heterocycles. The lowest BCUT2D eigenvalue weighted by Crippen LogP contribution is -2.31. The first-order valence-electron chi connectivity index (χ1n) is 8.69. The summed E-state index contributed by atoms with van der Waals surface area (Å²) in [5, 5.41) is 2.93. The predicted octanol–water partition coefficient (Wildman–Crippen LogP) is 4.16. The summed E-state index contributed by atoms with van der Waals surface area (Å²) in [7, 11) is 0.